The minimum atomic E-state index is -3.15. The van der Waals surface area contributed by atoms with Gasteiger partial charge in [0.2, 0.25) is 5.91 Å². The number of amides is 1. The number of nitrogens with two attached hydrogens (primary N) is 1. The predicted molar refractivity (Wildman–Crippen MR) is 122 cm³/mol. The molecule has 0 unspecified atom stereocenters. The molecule has 1 amide bonds. The van der Waals surface area contributed by atoms with Gasteiger partial charge in [-0.15, -0.1) is 0 Å². The molecule has 0 atom stereocenters. The molecule has 3 aromatic rings. The minimum absolute atomic E-state index is 0.200. The number of sulfone groups is 1. The van der Waals surface area contributed by atoms with E-state index in [0.717, 1.165) is 47.7 Å². The van der Waals surface area contributed by atoms with Crippen molar-refractivity contribution in [1.82, 2.24) is 9.80 Å². The Morgan fingerprint density at radius 3 is 2.03 bits per heavy atom. The summed E-state index contributed by atoms with van der Waals surface area (Å²) in [6, 6.07) is 17.4. The number of fused-ring (bicyclic) bond motifs is 2. The molecule has 160 valence electrons. The van der Waals surface area contributed by atoms with Crippen LogP contribution in [0.25, 0.3) is 21.5 Å². The first-order valence-electron chi connectivity index (χ1n) is 10.1. The first-order valence-corrected chi connectivity index (χ1v) is 12.0. The first kappa shape index (κ1) is 22.2. The second-order valence-electron chi connectivity index (χ2n) is 7.70. The molecule has 1 aliphatic rings. The van der Waals surface area contributed by atoms with E-state index in [1.807, 2.05) is 35.2 Å². The molecule has 0 saturated carbocycles. The molecule has 7 heteroatoms. The van der Waals surface area contributed by atoms with Crippen molar-refractivity contribution >= 4 is 37.3 Å². The molecular formula is C23H29N3O3S. The Balaban J connectivity index is 0.000000187. The van der Waals surface area contributed by atoms with Crippen LogP contribution in [0.3, 0.4) is 0 Å². The number of carbonyl (C=O) groups excluding carboxylic acids is 1. The third-order valence-corrected chi connectivity index (χ3v) is 6.43. The summed E-state index contributed by atoms with van der Waals surface area (Å²) in [5.74, 6) is 0.200. The third kappa shape index (κ3) is 5.56. The van der Waals surface area contributed by atoms with Crippen molar-refractivity contribution in [3.63, 3.8) is 0 Å². The van der Waals surface area contributed by atoms with E-state index in [2.05, 4.69) is 24.1 Å². The van der Waals surface area contributed by atoms with Crippen LogP contribution in [-0.2, 0) is 14.6 Å². The molecule has 0 aliphatic carbocycles. The summed E-state index contributed by atoms with van der Waals surface area (Å²) < 4.78 is 23.1. The van der Waals surface area contributed by atoms with Crippen LogP contribution < -0.4 is 5.73 Å². The largest absolute Gasteiger partial charge is 0.340 e. The number of likely N-dealkylation sites (N-methyl/N-ethyl adjacent to an activating group) is 1. The van der Waals surface area contributed by atoms with E-state index >= 15 is 0 Å². The topological polar surface area (TPSA) is 83.7 Å². The Labute approximate surface area is 178 Å². The molecule has 1 heterocycles. The van der Waals surface area contributed by atoms with E-state index in [-0.39, 0.29) is 5.91 Å². The lowest BCUT2D eigenvalue weighted by molar-refractivity contribution is -0.132. The lowest BCUT2D eigenvalue weighted by Gasteiger charge is -2.32. The van der Waals surface area contributed by atoms with Crippen LogP contribution >= 0.6 is 0 Å². The standard InChI is InChI=1S/C15H12O2S.C8H17N3O/c1-18(16,17)15-7-6-13-8-11-4-2-3-5-12(11)9-14(13)10-15;1-10-4-6-11(7-5-10)8(12)2-3-9/h2-10H,1H3;2-7,9H2,1H3. The van der Waals surface area contributed by atoms with Crippen LogP contribution in [0.5, 0.6) is 0 Å². The van der Waals surface area contributed by atoms with Gasteiger partial charge in [0.1, 0.15) is 0 Å². The zero-order chi connectivity index (χ0) is 21.7. The maximum atomic E-state index is 11.5. The van der Waals surface area contributed by atoms with Crippen LogP contribution in [-0.4, -0.2) is 70.2 Å². The van der Waals surface area contributed by atoms with Gasteiger partial charge in [-0.05, 0) is 52.9 Å². The molecule has 0 bridgehead atoms. The highest BCUT2D eigenvalue weighted by Gasteiger charge is 2.17. The van der Waals surface area contributed by atoms with Crippen molar-refractivity contribution in [2.75, 3.05) is 46.0 Å². The molecule has 2 N–H and O–H groups in total. The summed E-state index contributed by atoms with van der Waals surface area (Å²) >= 11 is 0. The highest BCUT2D eigenvalue weighted by atomic mass is 32.2. The number of nitrogens with zero attached hydrogens (tertiary/aromatic N) is 2. The van der Waals surface area contributed by atoms with Crippen LogP contribution in [0, 0.1) is 0 Å². The molecule has 3 aromatic carbocycles. The molecule has 1 saturated heterocycles. The van der Waals surface area contributed by atoms with E-state index in [9.17, 15) is 13.2 Å². The third-order valence-electron chi connectivity index (χ3n) is 5.32. The van der Waals surface area contributed by atoms with Crippen molar-refractivity contribution in [3.8, 4) is 0 Å². The van der Waals surface area contributed by atoms with Gasteiger partial charge in [-0.2, -0.15) is 0 Å². The Hall–Kier alpha value is -2.48. The zero-order valence-electron chi connectivity index (χ0n) is 17.5. The lowest BCUT2D eigenvalue weighted by Crippen LogP contribution is -2.47. The fourth-order valence-electron chi connectivity index (χ4n) is 3.49. The van der Waals surface area contributed by atoms with E-state index in [1.54, 1.807) is 12.1 Å². The Morgan fingerprint density at radius 2 is 1.47 bits per heavy atom. The SMILES string of the molecule is CN1CCN(C(=O)CCN)CC1.CS(=O)(=O)c1ccc2cc3ccccc3cc2c1. The molecule has 1 fully saturated rings. The Kier molecular flexibility index (Phi) is 7.07. The summed E-state index contributed by atoms with van der Waals surface area (Å²) in [5, 5.41) is 4.30. The van der Waals surface area contributed by atoms with Gasteiger partial charge in [-0.25, -0.2) is 8.42 Å². The average molecular weight is 428 g/mol. The number of benzene rings is 3. The van der Waals surface area contributed by atoms with Crippen molar-refractivity contribution in [2.45, 2.75) is 11.3 Å². The van der Waals surface area contributed by atoms with E-state index in [4.69, 9.17) is 5.73 Å². The predicted octanol–water partition coefficient (Wildman–Crippen LogP) is 2.51. The van der Waals surface area contributed by atoms with Crippen LogP contribution in [0.2, 0.25) is 0 Å². The van der Waals surface area contributed by atoms with Gasteiger partial charge in [-0.1, -0.05) is 30.3 Å². The highest BCUT2D eigenvalue weighted by Crippen LogP contribution is 2.25. The van der Waals surface area contributed by atoms with Crippen molar-refractivity contribution in [1.29, 1.82) is 0 Å². The monoisotopic (exact) mass is 427 g/mol. The van der Waals surface area contributed by atoms with Gasteiger partial charge >= 0.3 is 0 Å². The lowest BCUT2D eigenvalue weighted by atomic mass is 10.0. The number of carbonyl (C=O) groups is 1. The molecule has 30 heavy (non-hydrogen) atoms. The fourth-order valence-corrected chi connectivity index (χ4v) is 4.14. The molecule has 0 radical (unpaired) electrons. The van der Waals surface area contributed by atoms with Gasteiger partial charge in [0.15, 0.2) is 9.84 Å². The van der Waals surface area contributed by atoms with Crippen LogP contribution in [0.4, 0.5) is 0 Å². The van der Waals surface area contributed by atoms with Gasteiger partial charge in [-0.3, -0.25) is 4.79 Å². The first-order chi connectivity index (χ1) is 14.3. The molecule has 6 nitrogen and oxygen atoms in total. The molecule has 1 aliphatic heterocycles. The van der Waals surface area contributed by atoms with E-state index in [1.165, 1.54) is 6.26 Å². The Morgan fingerprint density at radius 1 is 0.900 bits per heavy atom. The van der Waals surface area contributed by atoms with Crippen molar-refractivity contribution < 1.29 is 13.2 Å². The summed E-state index contributed by atoms with van der Waals surface area (Å²) in [6.45, 7) is 4.14. The summed E-state index contributed by atoms with van der Waals surface area (Å²) in [4.78, 5) is 15.8. The number of hydrogen-bond acceptors (Lipinski definition) is 5. The maximum Gasteiger partial charge on any atom is 0.223 e. The number of hydrogen-bond donors (Lipinski definition) is 1. The minimum Gasteiger partial charge on any atom is -0.340 e. The van der Waals surface area contributed by atoms with Crippen molar-refractivity contribution in [3.05, 3.63) is 54.6 Å². The number of rotatable bonds is 3. The van der Waals surface area contributed by atoms with Gasteiger partial charge in [0, 0.05) is 45.4 Å². The molecular weight excluding hydrogens is 398 g/mol. The fraction of sp³-hybridized carbons (Fsp3) is 0.348. The van der Waals surface area contributed by atoms with E-state index in [0.29, 0.717) is 17.9 Å². The smallest absolute Gasteiger partial charge is 0.223 e. The van der Waals surface area contributed by atoms with Crippen LogP contribution in [0.1, 0.15) is 6.42 Å². The second kappa shape index (κ2) is 9.55. The summed E-state index contributed by atoms with van der Waals surface area (Å²) in [5.41, 5.74) is 5.31. The second-order valence-corrected chi connectivity index (χ2v) is 9.72. The zero-order valence-corrected chi connectivity index (χ0v) is 18.4. The highest BCUT2D eigenvalue weighted by molar-refractivity contribution is 7.90. The quantitative estimate of drug-likeness (QED) is 0.650. The Bertz CT molecular complexity index is 1140. The van der Waals surface area contributed by atoms with Gasteiger partial charge in [0.05, 0.1) is 4.90 Å². The summed E-state index contributed by atoms with van der Waals surface area (Å²) in [6.07, 6.45) is 1.72. The van der Waals surface area contributed by atoms with Crippen molar-refractivity contribution in [2.24, 2.45) is 5.73 Å². The summed E-state index contributed by atoms with van der Waals surface area (Å²) in [7, 11) is -1.07. The van der Waals surface area contributed by atoms with Crippen LogP contribution in [0.15, 0.2) is 59.5 Å². The van der Waals surface area contributed by atoms with Gasteiger partial charge in [0.25, 0.3) is 0 Å². The number of piperazine rings is 1. The van der Waals surface area contributed by atoms with Gasteiger partial charge < -0.3 is 15.5 Å². The van der Waals surface area contributed by atoms with E-state index < -0.39 is 9.84 Å². The average Bonchev–Trinajstić information content (AvgIpc) is 2.72. The molecule has 0 spiro atoms. The molecule has 0 aromatic heterocycles. The maximum absolute atomic E-state index is 11.5. The molecule has 4 rings (SSSR count). The normalized spacial score (nSPS) is 15.1.